The Labute approximate surface area is 331 Å². The molecular formula is C50H30N4S2. The van der Waals surface area contributed by atoms with E-state index >= 15 is 0 Å². The molecule has 0 amide bonds. The molecule has 11 aromatic rings. The number of hydrogen-bond donors (Lipinski definition) is 0. The molecule has 56 heavy (non-hydrogen) atoms. The van der Waals surface area contributed by atoms with E-state index in [1.54, 1.807) is 11.3 Å². The van der Waals surface area contributed by atoms with E-state index in [0.717, 1.165) is 70.5 Å². The van der Waals surface area contributed by atoms with E-state index in [-0.39, 0.29) is 0 Å². The van der Waals surface area contributed by atoms with E-state index in [0.29, 0.717) is 17.5 Å². The third-order valence-corrected chi connectivity index (χ3v) is 12.6. The standard InChI is InChI=1S/C50H30N4S2/c1-4-16-31(17-5-1)36-23-12-13-26-39(36)49-53-47(32-18-6-2-7-19-32)52-48(54-49)35-28-34-22-10-11-24-37(34)40(29-35)44-45-43(56-50(51-45)33-20-8-3-9-21-33)30-41-38-25-14-15-27-42(38)55-46(41)44/h1-30H. The third kappa shape index (κ3) is 5.58. The Morgan fingerprint density at radius 2 is 0.929 bits per heavy atom. The maximum Gasteiger partial charge on any atom is 0.164 e. The van der Waals surface area contributed by atoms with Crippen molar-refractivity contribution in [1.29, 1.82) is 0 Å². The first-order valence-electron chi connectivity index (χ1n) is 18.6. The first kappa shape index (κ1) is 32.6. The molecule has 0 spiro atoms. The van der Waals surface area contributed by atoms with Crippen molar-refractivity contribution in [2.45, 2.75) is 0 Å². The van der Waals surface area contributed by atoms with Crippen molar-refractivity contribution in [2.24, 2.45) is 0 Å². The fraction of sp³-hybridized carbons (Fsp3) is 0. The molecule has 0 fully saturated rings. The third-order valence-electron chi connectivity index (χ3n) is 10.4. The minimum Gasteiger partial charge on any atom is -0.235 e. The molecule has 0 N–H and O–H groups in total. The molecule has 0 saturated carbocycles. The fourth-order valence-electron chi connectivity index (χ4n) is 7.73. The van der Waals surface area contributed by atoms with E-state index in [2.05, 4.69) is 158 Å². The van der Waals surface area contributed by atoms with Crippen molar-refractivity contribution in [1.82, 2.24) is 19.9 Å². The second-order valence-corrected chi connectivity index (χ2v) is 15.9. The van der Waals surface area contributed by atoms with E-state index < -0.39 is 0 Å². The monoisotopic (exact) mass is 750 g/mol. The number of aromatic nitrogens is 4. The second-order valence-electron chi connectivity index (χ2n) is 13.8. The molecule has 6 heteroatoms. The molecule has 262 valence electrons. The first-order chi connectivity index (χ1) is 27.7. The number of rotatable bonds is 6. The summed E-state index contributed by atoms with van der Waals surface area (Å²) in [7, 11) is 0. The Morgan fingerprint density at radius 1 is 0.339 bits per heavy atom. The van der Waals surface area contributed by atoms with E-state index in [9.17, 15) is 0 Å². The van der Waals surface area contributed by atoms with Gasteiger partial charge in [0.05, 0.1) is 10.2 Å². The van der Waals surface area contributed by atoms with Gasteiger partial charge < -0.3 is 0 Å². The molecule has 0 aliphatic rings. The number of fused-ring (bicyclic) bond motifs is 5. The topological polar surface area (TPSA) is 51.6 Å². The van der Waals surface area contributed by atoms with Gasteiger partial charge in [-0.05, 0) is 51.7 Å². The highest BCUT2D eigenvalue weighted by Crippen LogP contribution is 2.48. The SMILES string of the molecule is c1ccc(-c2nc(-c3cc(-c4c5nc(-c6ccccc6)sc5cc5c4sc4ccccc45)c4ccccc4c3)nc(-c3ccccc3-c3ccccc3)n2)cc1. The van der Waals surface area contributed by atoms with Crippen LogP contribution in [0.25, 0.3) is 108 Å². The van der Waals surface area contributed by atoms with E-state index in [4.69, 9.17) is 19.9 Å². The maximum absolute atomic E-state index is 5.42. The van der Waals surface area contributed by atoms with Gasteiger partial charge in [-0.15, -0.1) is 22.7 Å². The lowest BCUT2D eigenvalue weighted by Crippen LogP contribution is -2.01. The van der Waals surface area contributed by atoms with E-state index in [1.807, 2.05) is 35.6 Å². The van der Waals surface area contributed by atoms with Crippen molar-refractivity contribution >= 4 is 63.8 Å². The Hall–Kier alpha value is -6.86. The lowest BCUT2D eigenvalue weighted by molar-refractivity contribution is 1.07. The molecule has 0 radical (unpaired) electrons. The van der Waals surface area contributed by atoms with Crippen molar-refractivity contribution in [3.8, 4) is 67.0 Å². The van der Waals surface area contributed by atoms with Gasteiger partial charge in [-0.2, -0.15) is 0 Å². The molecular weight excluding hydrogens is 721 g/mol. The first-order valence-corrected chi connectivity index (χ1v) is 20.2. The zero-order chi connectivity index (χ0) is 37.0. The van der Waals surface area contributed by atoms with Crippen LogP contribution in [0.2, 0.25) is 0 Å². The van der Waals surface area contributed by atoms with Crippen LogP contribution in [0.15, 0.2) is 182 Å². The quantitative estimate of drug-likeness (QED) is 0.170. The predicted molar refractivity (Wildman–Crippen MR) is 236 cm³/mol. The largest absolute Gasteiger partial charge is 0.235 e. The molecule has 0 saturated heterocycles. The second kappa shape index (κ2) is 13.5. The highest BCUT2D eigenvalue weighted by atomic mass is 32.1. The molecule has 3 aromatic heterocycles. The highest BCUT2D eigenvalue weighted by Gasteiger charge is 2.22. The van der Waals surface area contributed by atoms with Gasteiger partial charge in [-0.1, -0.05) is 158 Å². The van der Waals surface area contributed by atoms with Gasteiger partial charge in [0, 0.05) is 48.0 Å². The van der Waals surface area contributed by atoms with Gasteiger partial charge in [0.15, 0.2) is 17.5 Å². The molecule has 0 unspecified atom stereocenters. The summed E-state index contributed by atoms with van der Waals surface area (Å²) in [4.78, 5) is 21.1. The average molecular weight is 751 g/mol. The minimum absolute atomic E-state index is 0.617. The zero-order valence-electron chi connectivity index (χ0n) is 29.9. The summed E-state index contributed by atoms with van der Waals surface area (Å²) in [5, 5.41) is 5.78. The molecule has 4 nitrogen and oxygen atoms in total. The van der Waals surface area contributed by atoms with Gasteiger partial charge in [-0.3, -0.25) is 0 Å². The van der Waals surface area contributed by atoms with Crippen LogP contribution in [0.3, 0.4) is 0 Å². The summed E-state index contributed by atoms with van der Waals surface area (Å²) < 4.78 is 3.65. The molecule has 0 aliphatic carbocycles. The van der Waals surface area contributed by atoms with Crippen LogP contribution < -0.4 is 0 Å². The van der Waals surface area contributed by atoms with Crippen LogP contribution in [-0.4, -0.2) is 19.9 Å². The van der Waals surface area contributed by atoms with Gasteiger partial charge in [0.2, 0.25) is 0 Å². The summed E-state index contributed by atoms with van der Waals surface area (Å²) in [5.41, 5.74) is 9.36. The number of thiazole rings is 1. The maximum atomic E-state index is 5.42. The zero-order valence-corrected chi connectivity index (χ0v) is 31.6. The lowest BCUT2D eigenvalue weighted by atomic mass is 9.93. The summed E-state index contributed by atoms with van der Waals surface area (Å²) in [6.07, 6.45) is 0. The van der Waals surface area contributed by atoms with Crippen LogP contribution in [0.4, 0.5) is 0 Å². The Balaban J connectivity index is 1.20. The lowest BCUT2D eigenvalue weighted by Gasteiger charge is -2.14. The summed E-state index contributed by atoms with van der Waals surface area (Å²) in [5.74, 6) is 1.87. The molecule has 0 bridgehead atoms. The number of nitrogens with zero attached hydrogens (tertiary/aromatic N) is 4. The van der Waals surface area contributed by atoms with Crippen molar-refractivity contribution in [2.75, 3.05) is 0 Å². The van der Waals surface area contributed by atoms with Crippen molar-refractivity contribution in [3.63, 3.8) is 0 Å². The van der Waals surface area contributed by atoms with Crippen LogP contribution >= 0.6 is 22.7 Å². The van der Waals surface area contributed by atoms with Gasteiger partial charge in [-0.25, -0.2) is 19.9 Å². The normalized spacial score (nSPS) is 11.6. The van der Waals surface area contributed by atoms with Crippen LogP contribution in [-0.2, 0) is 0 Å². The fourth-order valence-corrected chi connectivity index (χ4v) is 9.99. The van der Waals surface area contributed by atoms with Crippen molar-refractivity contribution < 1.29 is 0 Å². The number of hydrogen-bond acceptors (Lipinski definition) is 6. The summed E-state index contributed by atoms with van der Waals surface area (Å²) in [6, 6.07) is 63.7. The van der Waals surface area contributed by atoms with Crippen LogP contribution in [0.1, 0.15) is 0 Å². The van der Waals surface area contributed by atoms with Gasteiger partial charge in [0.25, 0.3) is 0 Å². The number of benzene rings is 8. The predicted octanol–water partition coefficient (Wildman–Crippen LogP) is 14.0. The molecule has 0 aliphatic heterocycles. The Morgan fingerprint density at radius 3 is 1.70 bits per heavy atom. The van der Waals surface area contributed by atoms with Crippen molar-refractivity contribution in [3.05, 3.63) is 182 Å². The molecule has 11 rings (SSSR count). The smallest absolute Gasteiger partial charge is 0.164 e. The highest BCUT2D eigenvalue weighted by molar-refractivity contribution is 7.27. The molecule has 0 atom stereocenters. The summed E-state index contributed by atoms with van der Waals surface area (Å²) in [6.45, 7) is 0. The number of thiophene rings is 1. The van der Waals surface area contributed by atoms with Gasteiger partial charge >= 0.3 is 0 Å². The average Bonchev–Trinajstić information content (AvgIpc) is 3.87. The summed E-state index contributed by atoms with van der Waals surface area (Å²) >= 11 is 3.59. The van der Waals surface area contributed by atoms with E-state index in [1.165, 1.54) is 20.2 Å². The Kier molecular flexibility index (Phi) is 7.83. The minimum atomic E-state index is 0.617. The Bertz CT molecular complexity index is 3240. The molecule has 8 aromatic carbocycles. The van der Waals surface area contributed by atoms with Crippen LogP contribution in [0.5, 0.6) is 0 Å². The van der Waals surface area contributed by atoms with Crippen LogP contribution in [0, 0.1) is 0 Å². The molecule has 3 heterocycles. The van der Waals surface area contributed by atoms with Gasteiger partial charge in [0.1, 0.15) is 5.01 Å².